The molecule has 1 rings (SSSR count). The zero-order chi connectivity index (χ0) is 8.97. The van der Waals surface area contributed by atoms with Crippen LogP contribution in [-0.4, -0.2) is 4.98 Å². The molecule has 0 aromatic carbocycles. The minimum Gasteiger partial charge on any atom is -0.383 e. The number of nitrogens with zero attached hydrogens (tertiary/aromatic N) is 1. The molecule has 0 radical (unpaired) electrons. The largest absolute Gasteiger partial charge is 0.383 e. The van der Waals surface area contributed by atoms with Crippen molar-refractivity contribution in [3.63, 3.8) is 0 Å². The Morgan fingerprint density at radius 1 is 1.67 bits per heavy atom. The number of thioether (sulfide) groups is 1. The molecule has 0 aliphatic heterocycles. The molecule has 0 spiro atoms. The predicted molar refractivity (Wildman–Crippen MR) is 57.0 cm³/mol. The molecule has 0 aliphatic rings. The third kappa shape index (κ3) is 2.53. The summed E-state index contributed by atoms with van der Waals surface area (Å²) in [5.41, 5.74) is 5.64. The molecule has 1 aromatic rings. The van der Waals surface area contributed by atoms with Gasteiger partial charge in [-0.1, -0.05) is 17.8 Å². The van der Waals surface area contributed by atoms with Gasteiger partial charge < -0.3 is 5.73 Å². The Hall–Kier alpha value is -0.480. The van der Waals surface area contributed by atoms with E-state index in [1.54, 1.807) is 18.0 Å². The Morgan fingerprint density at radius 2 is 2.42 bits per heavy atom. The number of allylic oxidation sites excluding steroid dienone is 1. The molecule has 0 unspecified atom stereocenters. The third-order valence-corrected chi connectivity index (χ3v) is 2.60. The summed E-state index contributed by atoms with van der Waals surface area (Å²) >= 11 is 4.90. The maximum atomic E-state index is 5.64. The first kappa shape index (κ1) is 9.61. The van der Waals surface area contributed by atoms with Gasteiger partial charge in [0.05, 0.1) is 4.90 Å². The maximum Gasteiger partial charge on any atom is 0.137 e. The van der Waals surface area contributed by atoms with Gasteiger partial charge in [0.25, 0.3) is 0 Å². The highest BCUT2D eigenvalue weighted by Gasteiger charge is 1.99. The number of hydrogen-bond donors (Lipinski definition) is 1. The van der Waals surface area contributed by atoms with Gasteiger partial charge in [0.2, 0.25) is 0 Å². The molecule has 12 heavy (non-hydrogen) atoms. The molecule has 0 saturated carbocycles. The van der Waals surface area contributed by atoms with Crippen LogP contribution in [0.4, 0.5) is 5.82 Å². The molecular formula is C8H9BrN2S. The first-order chi connectivity index (χ1) is 5.74. The van der Waals surface area contributed by atoms with Crippen LogP contribution in [0.15, 0.2) is 33.1 Å². The van der Waals surface area contributed by atoms with E-state index in [4.69, 9.17) is 5.73 Å². The van der Waals surface area contributed by atoms with Gasteiger partial charge >= 0.3 is 0 Å². The van der Waals surface area contributed by atoms with Crippen molar-refractivity contribution in [3.05, 3.63) is 28.2 Å². The molecule has 0 bridgehead atoms. The Balaban J connectivity index is 2.89. The zero-order valence-corrected chi connectivity index (χ0v) is 9.02. The summed E-state index contributed by atoms with van der Waals surface area (Å²) in [4.78, 5) is 4.98. The lowest BCUT2D eigenvalue weighted by Crippen LogP contribution is -1.91. The number of hydrogen-bond acceptors (Lipinski definition) is 3. The van der Waals surface area contributed by atoms with Crippen molar-refractivity contribution < 1.29 is 0 Å². The van der Waals surface area contributed by atoms with E-state index < -0.39 is 0 Å². The number of halogens is 1. The second kappa shape index (κ2) is 4.52. The number of rotatable bonds is 2. The summed E-state index contributed by atoms with van der Waals surface area (Å²) in [7, 11) is 0. The van der Waals surface area contributed by atoms with Crippen LogP contribution < -0.4 is 5.73 Å². The van der Waals surface area contributed by atoms with Crippen molar-refractivity contribution >= 4 is 33.5 Å². The quantitative estimate of drug-likeness (QED) is 0.814. The molecule has 0 amide bonds. The molecule has 2 nitrogen and oxygen atoms in total. The Kier molecular flexibility index (Phi) is 3.62. The van der Waals surface area contributed by atoms with Crippen molar-refractivity contribution in [2.75, 3.05) is 5.73 Å². The van der Waals surface area contributed by atoms with Crippen molar-refractivity contribution in [2.45, 2.75) is 11.8 Å². The van der Waals surface area contributed by atoms with Crippen molar-refractivity contribution in [1.82, 2.24) is 4.98 Å². The van der Waals surface area contributed by atoms with Crippen molar-refractivity contribution in [2.24, 2.45) is 0 Å². The summed E-state index contributed by atoms with van der Waals surface area (Å²) in [6.07, 6.45) is 3.65. The van der Waals surface area contributed by atoms with E-state index in [1.165, 1.54) is 0 Å². The molecule has 64 valence electrons. The molecule has 0 atom stereocenters. The van der Waals surface area contributed by atoms with E-state index in [1.807, 2.05) is 24.5 Å². The van der Waals surface area contributed by atoms with Crippen LogP contribution in [0.25, 0.3) is 0 Å². The standard InChI is InChI=1S/C8H9BrN2S/c1-2-3-12-7-4-6(9)5-11-8(7)10/h2-5H,1H3,(H2,10,11)/b3-2+. The lowest BCUT2D eigenvalue weighted by Gasteiger charge is -2.00. The van der Waals surface area contributed by atoms with E-state index in [0.717, 1.165) is 9.37 Å². The first-order valence-electron chi connectivity index (χ1n) is 3.43. The Bertz CT molecular complexity index is 299. The highest BCUT2D eigenvalue weighted by Crippen LogP contribution is 2.26. The van der Waals surface area contributed by atoms with Gasteiger partial charge in [-0.25, -0.2) is 4.98 Å². The predicted octanol–water partition coefficient (Wildman–Crippen LogP) is 3.05. The zero-order valence-electron chi connectivity index (χ0n) is 6.62. The maximum absolute atomic E-state index is 5.64. The number of pyridine rings is 1. The average molecular weight is 245 g/mol. The van der Waals surface area contributed by atoms with Crippen LogP contribution in [0.2, 0.25) is 0 Å². The molecule has 0 aliphatic carbocycles. The first-order valence-corrected chi connectivity index (χ1v) is 5.10. The Morgan fingerprint density at radius 3 is 3.08 bits per heavy atom. The van der Waals surface area contributed by atoms with Gasteiger partial charge in [0, 0.05) is 10.7 Å². The summed E-state index contributed by atoms with van der Waals surface area (Å²) < 4.78 is 0.948. The molecular weight excluding hydrogens is 236 g/mol. The van der Waals surface area contributed by atoms with Gasteiger partial charge in [-0.05, 0) is 34.3 Å². The molecule has 4 heteroatoms. The highest BCUT2D eigenvalue weighted by atomic mass is 79.9. The molecule has 1 heterocycles. The normalized spacial score (nSPS) is 10.8. The summed E-state index contributed by atoms with van der Waals surface area (Å²) in [6, 6.07) is 1.95. The van der Waals surface area contributed by atoms with Crippen molar-refractivity contribution in [3.8, 4) is 0 Å². The molecule has 1 aromatic heterocycles. The fraction of sp³-hybridized carbons (Fsp3) is 0.125. The van der Waals surface area contributed by atoms with Crippen LogP contribution in [0, 0.1) is 0 Å². The lowest BCUT2D eigenvalue weighted by molar-refractivity contribution is 1.24. The number of aromatic nitrogens is 1. The summed E-state index contributed by atoms with van der Waals surface area (Å²) in [5.74, 6) is 0.571. The average Bonchev–Trinajstić information content (AvgIpc) is 2.07. The monoisotopic (exact) mass is 244 g/mol. The van der Waals surface area contributed by atoms with E-state index in [2.05, 4.69) is 20.9 Å². The Labute approximate surface area is 84.4 Å². The second-order valence-electron chi connectivity index (χ2n) is 2.12. The van der Waals surface area contributed by atoms with Gasteiger partial charge in [-0.15, -0.1) is 0 Å². The molecule has 2 N–H and O–H groups in total. The van der Waals surface area contributed by atoms with Crippen LogP contribution in [0.5, 0.6) is 0 Å². The van der Waals surface area contributed by atoms with Crippen LogP contribution in [0.3, 0.4) is 0 Å². The van der Waals surface area contributed by atoms with E-state index in [0.29, 0.717) is 5.82 Å². The van der Waals surface area contributed by atoms with Gasteiger partial charge in [0.1, 0.15) is 5.82 Å². The van der Waals surface area contributed by atoms with Crippen LogP contribution in [-0.2, 0) is 0 Å². The molecule has 0 fully saturated rings. The van der Waals surface area contributed by atoms with E-state index in [-0.39, 0.29) is 0 Å². The fourth-order valence-electron chi connectivity index (χ4n) is 0.667. The van der Waals surface area contributed by atoms with Gasteiger partial charge in [0.15, 0.2) is 0 Å². The van der Waals surface area contributed by atoms with E-state index >= 15 is 0 Å². The highest BCUT2D eigenvalue weighted by molar-refractivity contribution is 9.10. The summed E-state index contributed by atoms with van der Waals surface area (Å²) in [5, 5.41) is 1.97. The minimum absolute atomic E-state index is 0.571. The third-order valence-electron chi connectivity index (χ3n) is 1.18. The molecule has 0 saturated heterocycles. The van der Waals surface area contributed by atoms with Crippen LogP contribution >= 0.6 is 27.7 Å². The van der Waals surface area contributed by atoms with Gasteiger partial charge in [-0.3, -0.25) is 0 Å². The van der Waals surface area contributed by atoms with E-state index in [9.17, 15) is 0 Å². The van der Waals surface area contributed by atoms with Gasteiger partial charge in [-0.2, -0.15) is 0 Å². The topological polar surface area (TPSA) is 38.9 Å². The fourth-order valence-corrected chi connectivity index (χ4v) is 1.80. The van der Waals surface area contributed by atoms with Crippen LogP contribution in [0.1, 0.15) is 6.92 Å². The second-order valence-corrected chi connectivity index (χ2v) is 3.99. The SMILES string of the molecule is C/C=C/Sc1cc(Br)cnc1N. The smallest absolute Gasteiger partial charge is 0.137 e. The number of anilines is 1. The summed E-state index contributed by atoms with van der Waals surface area (Å²) in [6.45, 7) is 1.97. The minimum atomic E-state index is 0.571. The number of nitrogens with two attached hydrogens (primary N) is 1. The number of nitrogen functional groups attached to an aromatic ring is 1. The van der Waals surface area contributed by atoms with Crippen molar-refractivity contribution in [1.29, 1.82) is 0 Å². The lowest BCUT2D eigenvalue weighted by atomic mass is 10.5.